The molecule has 5 nitrogen and oxygen atoms in total. The van der Waals surface area contributed by atoms with Crippen molar-refractivity contribution in [2.24, 2.45) is 0 Å². The van der Waals surface area contributed by atoms with Crippen LogP contribution in [0.15, 0.2) is 28.8 Å². The van der Waals surface area contributed by atoms with Crippen LogP contribution in [0.4, 0.5) is 0 Å². The van der Waals surface area contributed by atoms with Crippen molar-refractivity contribution in [1.29, 1.82) is 0 Å². The van der Waals surface area contributed by atoms with Crippen LogP contribution in [-0.2, 0) is 6.42 Å². The number of aryl methyl sites for hydroxylation is 1. The van der Waals surface area contributed by atoms with Gasteiger partial charge < -0.3 is 9.42 Å². The van der Waals surface area contributed by atoms with E-state index in [1.165, 1.54) is 0 Å². The molecule has 1 amide bonds. The van der Waals surface area contributed by atoms with E-state index in [0.29, 0.717) is 28.8 Å². The number of piperidine rings is 1. The topological polar surface area (TPSA) is 59.2 Å². The summed E-state index contributed by atoms with van der Waals surface area (Å²) >= 11 is 5.87. The second kappa shape index (κ2) is 6.48. The molecule has 1 aromatic carbocycles. The molecule has 0 radical (unpaired) electrons. The van der Waals surface area contributed by atoms with Gasteiger partial charge in [0.1, 0.15) is 0 Å². The van der Waals surface area contributed by atoms with E-state index in [1.807, 2.05) is 11.8 Å². The van der Waals surface area contributed by atoms with E-state index in [2.05, 4.69) is 10.1 Å². The molecule has 2 aromatic rings. The zero-order valence-corrected chi connectivity index (χ0v) is 13.2. The molecule has 0 aliphatic carbocycles. The van der Waals surface area contributed by atoms with Crippen LogP contribution >= 0.6 is 11.6 Å². The molecule has 1 aliphatic rings. The van der Waals surface area contributed by atoms with Gasteiger partial charge >= 0.3 is 0 Å². The van der Waals surface area contributed by atoms with Crippen molar-refractivity contribution < 1.29 is 9.32 Å². The van der Waals surface area contributed by atoms with Gasteiger partial charge in [0, 0.05) is 36.0 Å². The van der Waals surface area contributed by atoms with Crippen LogP contribution in [-0.4, -0.2) is 34.0 Å². The van der Waals surface area contributed by atoms with Gasteiger partial charge in [-0.1, -0.05) is 23.7 Å². The summed E-state index contributed by atoms with van der Waals surface area (Å²) < 4.78 is 5.18. The number of benzene rings is 1. The minimum Gasteiger partial charge on any atom is -0.339 e. The average molecular weight is 320 g/mol. The summed E-state index contributed by atoms with van der Waals surface area (Å²) in [6.45, 7) is 3.37. The summed E-state index contributed by atoms with van der Waals surface area (Å²) in [5.41, 5.74) is 0.660. The second-order valence-electron chi connectivity index (χ2n) is 5.50. The molecule has 1 aromatic heterocycles. The van der Waals surface area contributed by atoms with Crippen molar-refractivity contribution in [2.45, 2.75) is 32.1 Å². The Morgan fingerprint density at radius 3 is 2.86 bits per heavy atom. The lowest BCUT2D eigenvalue weighted by Gasteiger charge is -2.31. The van der Waals surface area contributed by atoms with Crippen molar-refractivity contribution in [3.05, 3.63) is 46.6 Å². The molecule has 0 spiro atoms. The summed E-state index contributed by atoms with van der Waals surface area (Å²) in [5, 5.41) is 4.68. The number of nitrogens with zero attached hydrogens (tertiary/aromatic N) is 3. The Balaban J connectivity index is 1.72. The van der Waals surface area contributed by atoms with Crippen molar-refractivity contribution in [3.63, 3.8) is 0 Å². The van der Waals surface area contributed by atoms with Crippen LogP contribution in [0.2, 0.25) is 5.02 Å². The molecule has 1 aliphatic heterocycles. The average Bonchev–Trinajstić information content (AvgIpc) is 3.04. The first-order valence-corrected chi connectivity index (χ1v) is 7.92. The van der Waals surface area contributed by atoms with E-state index >= 15 is 0 Å². The van der Waals surface area contributed by atoms with Crippen LogP contribution in [0, 0.1) is 0 Å². The molecule has 2 heterocycles. The lowest BCUT2D eigenvalue weighted by Crippen LogP contribution is -2.39. The third kappa shape index (κ3) is 3.14. The highest BCUT2D eigenvalue weighted by atomic mass is 35.5. The number of amides is 1. The molecule has 0 bridgehead atoms. The summed E-state index contributed by atoms with van der Waals surface area (Å²) in [7, 11) is 0. The predicted octanol–water partition coefficient (Wildman–Crippen LogP) is 3.31. The Morgan fingerprint density at radius 2 is 2.18 bits per heavy atom. The zero-order chi connectivity index (χ0) is 15.5. The maximum Gasteiger partial charge on any atom is 0.253 e. The van der Waals surface area contributed by atoms with Crippen LogP contribution in [0.3, 0.4) is 0 Å². The van der Waals surface area contributed by atoms with Gasteiger partial charge in [-0.15, -0.1) is 0 Å². The van der Waals surface area contributed by atoms with Crippen molar-refractivity contribution >= 4 is 17.5 Å². The maximum absolute atomic E-state index is 12.6. The molecule has 1 fully saturated rings. The molecular weight excluding hydrogens is 302 g/mol. The molecule has 0 saturated carbocycles. The first kappa shape index (κ1) is 15.0. The maximum atomic E-state index is 12.6. The third-order valence-electron chi connectivity index (χ3n) is 3.95. The fourth-order valence-electron chi connectivity index (χ4n) is 2.72. The van der Waals surface area contributed by atoms with E-state index in [0.717, 1.165) is 25.8 Å². The molecule has 6 heteroatoms. The van der Waals surface area contributed by atoms with E-state index < -0.39 is 0 Å². The highest BCUT2D eigenvalue weighted by Gasteiger charge is 2.28. The zero-order valence-electron chi connectivity index (χ0n) is 12.5. The Hall–Kier alpha value is -1.88. The van der Waals surface area contributed by atoms with Gasteiger partial charge in [0.2, 0.25) is 5.89 Å². The van der Waals surface area contributed by atoms with Gasteiger partial charge in [0.05, 0.1) is 0 Å². The summed E-state index contributed by atoms with van der Waals surface area (Å²) in [4.78, 5) is 18.8. The quantitative estimate of drug-likeness (QED) is 0.871. The van der Waals surface area contributed by atoms with Crippen LogP contribution in [0.1, 0.15) is 47.8 Å². The predicted molar refractivity (Wildman–Crippen MR) is 83.0 cm³/mol. The lowest BCUT2D eigenvalue weighted by atomic mass is 9.96. The van der Waals surface area contributed by atoms with Gasteiger partial charge in [0.25, 0.3) is 5.91 Å². The van der Waals surface area contributed by atoms with Crippen molar-refractivity contribution in [3.8, 4) is 0 Å². The Kier molecular flexibility index (Phi) is 4.43. The lowest BCUT2D eigenvalue weighted by molar-refractivity contribution is 0.0703. The van der Waals surface area contributed by atoms with Crippen LogP contribution < -0.4 is 0 Å². The van der Waals surface area contributed by atoms with Gasteiger partial charge in [0.15, 0.2) is 5.82 Å². The first-order chi connectivity index (χ1) is 10.7. The summed E-state index contributed by atoms with van der Waals surface area (Å²) in [5.74, 6) is 1.54. The SMILES string of the molecule is CCc1nc([C@H]2CCCN(C(=O)c3ccc(Cl)cc3)C2)no1. The van der Waals surface area contributed by atoms with Gasteiger partial charge in [-0.3, -0.25) is 4.79 Å². The molecular formula is C16H18ClN3O2. The van der Waals surface area contributed by atoms with Crippen LogP contribution in [0.25, 0.3) is 0 Å². The molecule has 116 valence electrons. The highest BCUT2D eigenvalue weighted by molar-refractivity contribution is 6.30. The smallest absolute Gasteiger partial charge is 0.253 e. The first-order valence-electron chi connectivity index (χ1n) is 7.54. The Morgan fingerprint density at radius 1 is 1.41 bits per heavy atom. The number of hydrogen-bond acceptors (Lipinski definition) is 4. The number of hydrogen-bond donors (Lipinski definition) is 0. The number of aromatic nitrogens is 2. The van der Waals surface area contributed by atoms with E-state index in [-0.39, 0.29) is 11.8 Å². The van der Waals surface area contributed by atoms with Gasteiger partial charge in [-0.2, -0.15) is 4.98 Å². The molecule has 3 rings (SSSR count). The highest BCUT2D eigenvalue weighted by Crippen LogP contribution is 2.26. The Bertz CT molecular complexity index is 654. The third-order valence-corrected chi connectivity index (χ3v) is 4.20. The standard InChI is InChI=1S/C16H18ClN3O2/c1-2-14-18-15(19-22-14)12-4-3-9-20(10-12)16(21)11-5-7-13(17)8-6-11/h5-8,12H,2-4,9-10H2,1H3/t12-/m0/s1. The van der Waals surface area contributed by atoms with Gasteiger partial charge in [-0.25, -0.2) is 0 Å². The Labute approximate surface area is 134 Å². The number of carbonyl (C=O) groups is 1. The number of rotatable bonds is 3. The molecule has 22 heavy (non-hydrogen) atoms. The van der Waals surface area contributed by atoms with E-state index in [1.54, 1.807) is 24.3 Å². The minimum atomic E-state index is 0.0283. The normalized spacial score (nSPS) is 18.5. The molecule has 0 N–H and O–H groups in total. The summed E-state index contributed by atoms with van der Waals surface area (Å²) in [6.07, 6.45) is 2.65. The fourth-order valence-corrected chi connectivity index (χ4v) is 2.85. The van der Waals surface area contributed by atoms with E-state index in [4.69, 9.17) is 16.1 Å². The van der Waals surface area contributed by atoms with Gasteiger partial charge in [-0.05, 0) is 37.1 Å². The summed E-state index contributed by atoms with van der Waals surface area (Å²) in [6, 6.07) is 7.00. The fraction of sp³-hybridized carbons (Fsp3) is 0.438. The van der Waals surface area contributed by atoms with Crippen molar-refractivity contribution in [1.82, 2.24) is 15.0 Å². The second-order valence-corrected chi connectivity index (χ2v) is 5.93. The molecule has 1 saturated heterocycles. The number of halogens is 1. The minimum absolute atomic E-state index is 0.0283. The van der Waals surface area contributed by atoms with Crippen LogP contribution in [0.5, 0.6) is 0 Å². The number of likely N-dealkylation sites (tertiary alicyclic amines) is 1. The molecule has 0 unspecified atom stereocenters. The number of carbonyl (C=O) groups excluding carboxylic acids is 1. The monoisotopic (exact) mass is 319 g/mol. The van der Waals surface area contributed by atoms with E-state index in [9.17, 15) is 4.79 Å². The largest absolute Gasteiger partial charge is 0.339 e. The molecule has 1 atom stereocenters. The van der Waals surface area contributed by atoms with Crippen molar-refractivity contribution in [2.75, 3.05) is 13.1 Å².